The van der Waals surface area contributed by atoms with Crippen LogP contribution in [0.2, 0.25) is 0 Å². The maximum Gasteiger partial charge on any atom is 0.333 e. The summed E-state index contributed by atoms with van der Waals surface area (Å²) in [6, 6.07) is 0. The third-order valence-corrected chi connectivity index (χ3v) is 3.71. The van der Waals surface area contributed by atoms with Crippen LogP contribution in [-0.4, -0.2) is 61.5 Å². The van der Waals surface area contributed by atoms with Gasteiger partial charge < -0.3 is 20.2 Å². The molecule has 1 aliphatic rings. The number of amides is 4. The van der Waals surface area contributed by atoms with Crippen LogP contribution in [0, 0.1) is 0 Å². The van der Waals surface area contributed by atoms with E-state index in [0.29, 0.717) is 18.2 Å². The Morgan fingerprint density at radius 1 is 1.15 bits per heavy atom. The summed E-state index contributed by atoms with van der Waals surface area (Å²) < 4.78 is 4.84. The van der Waals surface area contributed by atoms with Crippen LogP contribution in [0.4, 0.5) is 0 Å². The average Bonchev–Trinajstić information content (AvgIpc) is 2.90. The highest BCUT2D eigenvalue weighted by Gasteiger charge is 2.32. The number of halogens is 1. The third kappa shape index (κ3) is 7.74. The Kier molecular flexibility index (Phi) is 9.52. The number of carbonyl (C=O) groups excluding carboxylic acids is 5. The van der Waals surface area contributed by atoms with Gasteiger partial charge in [-0.1, -0.05) is 0 Å². The van der Waals surface area contributed by atoms with Crippen molar-refractivity contribution in [2.75, 3.05) is 26.8 Å². The van der Waals surface area contributed by atoms with Crippen LogP contribution in [0.3, 0.4) is 0 Å². The maximum absolute atomic E-state index is 11.7. The van der Waals surface area contributed by atoms with Crippen molar-refractivity contribution in [3.8, 4) is 0 Å². The van der Waals surface area contributed by atoms with Gasteiger partial charge in [0.05, 0.1) is 11.1 Å². The van der Waals surface area contributed by atoms with Gasteiger partial charge in [0.1, 0.15) is 0 Å². The first-order valence-corrected chi connectivity index (χ1v) is 8.63. The molecule has 144 valence electrons. The normalized spacial score (nSPS) is 14.4. The van der Waals surface area contributed by atoms with E-state index in [1.807, 2.05) is 0 Å². The summed E-state index contributed by atoms with van der Waals surface area (Å²) in [6.45, 7) is 0.810. The maximum atomic E-state index is 11.7. The lowest BCUT2D eigenvalue weighted by Gasteiger charge is -2.12. The zero-order valence-electron chi connectivity index (χ0n) is 14.2. The average molecular weight is 434 g/mol. The van der Waals surface area contributed by atoms with Crippen LogP contribution in [0.5, 0.6) is 0 Å². The van der Waals surface area contributed by atoms with Crippen molar-refractivity contribution < 1.29 is 33.5 Å². The second-order valence-corrected chi connectivity index (χ2v) is 6.04. The number of carbonyl (C=O) groups is 5. The van der Waals surface area contributed by atoms with Gasteiger partial charge in [-0.3, -0.25) is 19.2 Å². The molecule has 0 saturated carbocycles. The Hall–Kier alpha value is -2.27. The number of methoxy groups -OCH3 is 1. The second kappa shape index (κ2) is 11.4. The van der Waals surface area contributed by atoms with Gasteiger partial charge in [0, 0.05) is 45.5 Å². The Labute approximate surface area is 158 Å². The van der Waals surface area contributed by atoms with Crippen molar-refractivity contribution in [1.82, 2.24) is 15.7 Å². The van der Waals surface area contributed by atoms with E-state index in [1.165, 1.54) is 7.11 Å². The van der Waals surface area contributed by atoms with E-state index in [4.69, 9.17) is 4.74 Å². The SMILES string of the molecule is COCCNC(=O)/C(Br)=C\C(=O)NCCCC(=O)ON1C(=O)CCC1=O. The molecule has 11 heteroatoms. The van der Waals surface area contributed by atoms with Crippen molar-refractivity contribution in [2.45, 2.75) is 25.7 Å². The first-order valence-electron chi connectivity index (χ1n) is 7.84. The smallest absolute Gasteiger partial charge is 0.333 e. The fourth-order valence-electron chi connectivity index (χ4n) is 1.83. The number of hydroxylamine groups is 2. The lowest BCUT2D eigenvalue weighted by atomic mass is 10.3. The van der Waals surface area contributed by atoms with Crippen LogP contribution >= 0.6 is 15.9 Å². The van der Waals surface area contributed by atoms with Gasteiger partial charge in [0.2, 0.25) is 5.91 Å². The quantitative estimate of drug-likeness (QED) is 0.270. The predicted molar refractivity (Wildman–Crippen MR) is 91.3 cm³/mol. The van der Waals surface area contributed by atoms with E-state index in [9.17, 15) is 24.0 Å². The van der Waals surface area contributed by atoms with E-state index < -0.39 is 29.6 Å². The molecule has 1 heterocycles. The summed E-state index contributed by atoms with van der Waals surface area (Å²) >= 11 is 2.99. The molecule has 0 aromatic carbocycles. The summed E-state index contributed by atoms with van der Waals surface area (Å²) in [5, 5.41) is 5.50. The van der Waals surface area contributed by atoms with E-state index in [-0.39, 0.29) is 36.7 Å². The molecule has 26 heavy (non-hydrogen) atoms. The zero-order chi connectivity index (χ0) is 19.5. The molecule has 1 saturated heterocycles. The first-order chi connectivity index (χ1) is 12.3. The summed E-state index contributed by atoms with van der Waals surface area (Å²) in [7, 11) is 1.50. The van der Waals surface area contributed by atoms with Crippen molar-refractivity contribution in [1.29, 1.82) is 0 Å². The van der Waals surface area contributed by atoms with E-state index >= 15 is 0 Å². The van der Waals surface area contributed by atoms with E-state index in [2.05, 4.69) is 31.4 Å². The number of ether oxygens (including phenoxy) is 1. The summed E-state index contributed by atoms with van der Waals surface area (Å²) in [5.41, 5.74) is 0. The van der Waals surface area contributed by atoms with Gasteiger partial charge in [-0.05, 0) is 22.4 Å². The number of rotatable bonds is 10. The molecule has 1 rings (SSSR count). The summed E-state index contributed by atoms with van der Waals surface area (Å²) in [5.74, 6) is -2.80. The van der Waals surface area contributed by atoms with Crippen molar-refractivity contribution in [2.24, 2.45) is 0 Å². The van der Waals surface area contributed by atoms with Crippen LogP contribution < -0.4 is 10.6 Å². The van der Waals surface area contributed by atoms with Crippen LogP contribution in [0.25, 0.3) is 0 Å². The standard InChI is InChI=1S/C15H20BrN3O7/c1-25-8-7-18-15(24)10(16)9-11(20)17-6-2-3-14(23)26-19-12(21)4-5-13(19)22/h9H,2-8H2,1H3,(H,17,20)(H,18,24)/b10-9+. The molecule has 4 amide bonds. The highest BCUT2D eigenvalue weighted by atomic mass is 79.9. The molecule has 0 unspecified atom stereocenters. The Bertz CT molecular complexity index is 590. The third-order valence-electron chi connectivity index (χ3n) is 3.12. The van der Waals surface area contributed by atoms with Gasteiger partial charge in [-0.25, -0.2) is 4.79 Å². The van der Waals surface area contributed by atoms with Gasteiger partial charge >= 0.3 is 5.97 Å². The molecular weight excluding hydrogens is 414 g/mol. The highest BCUT2D eigenvalue weighted by molar-refractivity contribution is 9.12. The van der Waals surface area contributed by atoms with Crippen molar-refractivity contribution in [3.05, 3.63) is 10.6 Å². The zero-order valence-corrected chi connectivity index (χ0v) is 15.8. The van der Waals surface area contributed by atoms with Crippen molar-refractivity contribution in [3.63, 3.8) is 0 Å². The fourth-order valence-corrected chi connectivity index (χ4v) is 2.18. The minimum atomic E-state index is -0.739. The summed E-state index contributed by atoms with van der Waals surface area (Å²) in [4.78, 5) is 62.1. The lowest BCUT2D eigenvalue weighted by molar-refractivity contribution is -0.197. The van der Waals surface area contributed by atoms with Gasteiger partial charge in [0.15, 0.2) is 0 Å². The molecule has 2 N–H and O–H groups in total. The monoisotopic (exact) mass is 433 g/mol. The molecule has 0 bridgehead atoms. The second-order valence-electron chi connectivity index (χ2n) is 5.18. The highest BCUT2D eigenvalue weighted by Crippen LogP contribution is 2.12. The molecule has 1 aliphatic heterocycles. The van der Waals surface area contributed by atoms with Crippen LogP contribution in [0.1, 0.15) is 25.7 Å². The number of nitrogens with one attached hydrogen (secondary N) is 2. The molecule has 0 aromatic rings. The minimum Gasteiger partial charge on any atom is -0.383 e. The largest absolute Gasteiger partial charge is 0.383 e. The number of hydrogen-bond donors (Lipinski definition) is 2. The van der Waals surface area contributed by atoms with Gasteiger partial charge in [-0.15, -0.1) is 5.06 Å². The molecule has 0 aromatic heterocycles. The lowest BCUT2D eigenvalue weighted by Crippen LogP contribution is -2.32. The van der Waals surface area contributed by atoms with Crippen LogP contribution in [-0.2, 0) is 33.5 Å². The first kappa shape index (κ1) is 21.8. The Morgan fingerprint density at radius 3 is 2.42 bits per heavy atom. The predicted octanol–water partition coefficient (Wildman–Crippen LogP) is -0.469. The molecular formula is C15H20BrN3O7. The summed E-state index contributed by atoms with van der Waals surface area (Å²) in [6.07, 6.45) is 1.29. The van der Waals surface area contributed by atoms with Gasteiger partial charge in [0.25, 0.3) is 17.7 Å². The number of imide groups is 1. The van der Waals surface area contributed by atoms with Crippen molar-refractivity contribution >= 4 is 45.5 Å². The molecule has 0 radical (unpaired) electrons. The molecule has 0 aliphatic carbocycles. The fraction of sp³-hybridized carbons (Fsp3) is 0.533. The van der Waals surface area contributed by atoms with E-state index in [1.54, 1.807) is 0 Å². The topological polar surface area (TPSA) is 131 Å². The Morgan fingerprint density at radius 2 is 1.81 bits per heavy atom. The number of hydrogen-bond acceptors (Lipinski definition) is 7. The number of nitrogens with zero attached hydrogens (tertiary/aromatic N) is 1. The molecule has 1 fully saturated rings. The molecule has 0 spiro atoms. The Balaban J connectivity index is 2.23. The van der Waals surface area contributed by atoms with Crippen LogP contribution in [0.15, 0.2) is 10.6 Å². The van der Waals surface area contributed by atoms with Gasteiger partial charge in [-0.2, -0.15) is 0 Å². The molecule has 0 atom stereocenters. The minimum absolute atomic E-state index is 0.0302. The molecule has 10 nitrogen and oxygen atoms in total. The van der Waals surface area contributed by atoms with E-state index in [0.717, 1.165) is 6.08 Å².